The highest BCUT2D eigenvalue weighted by atomic mass is 32.2. The number of thioether (sulfide) groups is 1. The fourth-order valence-electron chi connectivity index (χ4n) is 2.58. The third-order valence-corrected chi connectivity index (χ3v) is 4.81. The summed E-state index contributed by atoms with van der Waals surface area (Å²) in [7, 11) is 0. The third-order valence-electron chi connectivity index (χ3n) is 3.64. The molecule has 1 fully saturated rings. The number of carbonyl (C=O) groups is 1. The van der Waals surface area contributed by atoms with E-state index in [1.165, 1.54) is 19.3 Å². The number of carbonyl (C=O) groups excluding carboxylic acids is 1. The van der Waals surface area contributed by atoms with E-state index in [9.17, 15) is 4.79 Å². The lowest BCUT2D eigenvalue weighted by molar-refractivity contribution is 0.0930. The summed E-state index contributed by atoms with van der Waals surface area (Å²) in [5.41, 5.74) is 13.0. The summed E-state index contributed by atoms with van der Waals surface area (Å²) >= 11 is 1.83. The molecule has 0 bridgehead atoms. The van der Waals surface area contributed by atoms with Crippen LogP contribution in [0.1, 0.15) is 36.0 Å². The Labute approximate surface area is 118 Å². The van der Waals surface area contributed by atoms with Crippen molar-refractivity contribution in [3.8, 4) is 0 Å². The van der Waals surface area contributed by atoms with Crippen LogP contribution in [0, 0.1) is 0 Å². The quantitative estimate of drug-likeness (QED) is 0.741. The molecule has 1 aromatic rings. The van der Waals surface area contributed by atoms with Gasteiger partial charge >= 0.3 is 0 Å². The van der Waals surface area contributed by atoms with Gasteiger partial charge in [0.05, 0.1) is 5.56 Å². The Balaban J connectivity index is 2.07. The van der Waals surface area contributed by atoms with Gasteiger partial charge < -0.3 is 16.8 Å². The van der Waals surface area contributed by atoms with Gasteiger partial charge in [-0.05, 0) is 37.3 Å². The van der Waals surface area contributed by atoms with Crippen LogP contribution < -0.4 is 16.8 Å². The minimum Gasteiger partial charge on any atom is -0.399 e. The van der Waals surface area contributed by atoms with E-state index in [2.05, 4.69) is 11.6 Å². The van der Waals surface area contributed by atoms with Crippen molar-refractivity contribution in [1.82, 2.24) is 5.32 Å². The molecule has 0 aliphatic heterocycles. The van der Waals surface area contributed by atoms with Crippen molar-refractivity contribution in [3.05, 3.63) is 23.8 Å². The Morgan fingerprint density at radius 2 is 2.05 bits per heavy atom. The number of rotatable bonds is 3. The lowest BCUT2D eigenvalue weighted by Gasteiger charge is -2.31. The van der Waals surface area contributed by atoms with Crippen molar-refractivity contribution in [1.29, 1.82) is 0 Å². The van der Waals surface area contributed by atoms with Crippen LogP contribution in [0.5, 0.6) is 0 Å². The van der Waals surface area contributed by atoms with Gasteiger partial charge in [0.2, 0.25) is 0 Å². The summed E-state index contributed by atoms with van der Waals surface area (Å²) in [6, 6.07) is 5.27. The lowest BCUT2D eigenvalue weighted by atomic mass is 9.94. The minimum absolute atomic E-state index is 0.0940. The number of hydrogen-bond donors (Lipinski definition) is 3. The topological polar surface area (TPSA) is 81.1 Å². The zero-order valence-corrected chi connectivity index (χ0v) is 12.0. The average molecular weight is 279 g/mol. The summed E-state index contributed by atoms with van der Waals surface area (Å²) in [5.74, 6) is -0.0940. The van der Waals surface area contributed by atoms with Crippen molar-refractivity contribution in [3.63, 3.8) is 0 Å². The van der Waals surface area contributed by atoms with Crippen LogP contribution in [-0.4, -0.2) is 23.5 Å². The second-order valence-electron chi connectivity index (χ2n) is 4.99. The number of nitrogens with one attached hydrogen (secondary N) is 1. The molecule has 104 valence electrons. The highest BCUT2D eigenvalue weighted by Gasteiger charge is 2.26. The van der Waals surface area contributed by atoms with Gasteiger partial charge in [0, 0.05) is 22.7 Å². The molecule has 0 heterocycles. The van der Waals surface area contributed by atoms with Gasteiger partial charge in [-0.2, -0.15) is 11.8 Å². The molecule has 0 aromatic heterocycles. The number of hydrogen-bond acceptors (Lipinski definition) is 4. The van der Waals surface area contributed by atoms with Crippen molar-refractivity contribution < 1.29 is 4.79 Å². The second-order valence-corrected chi connectivity index (χ2v) is 6.06. The normalized spacial score (nSPS) is 23.0. The monoisotopic (exact) mass is 279 g/mol. The molecular formula is C14H21N3OS. The first-order valence-corrected chi connectivity index (χ1v) is 7.89. The van der Waals surface area contributed by atoms with Crippen LogP contribution in [0.25, 0.3) is 0 Å². The zero-order valence-electron chi connectivity index (χ0n) is 11.2. The number of nitrogen functional groups attached to an aromatic ring is 2. The standard InChI is InChI=1S/C14H21N3OS/c1-19-13-5-3-2-4-12(13)17-14(18)10-7-6-9(15)8-11(10)16/h6-8,12-13H,2-5,15-16H2,1H3,(H,17,18). The maximum absolute atomic E-state index is 12.3. The van der Waals surface area contributed by atoms with Crippen LogP contribution in [0.15, 0.2) is 18.2 Å². The molecule has 0 saturated heterocycles. The first kappa shape index (κ1) is 14.1. The molecule has 5 N–H and O–H groups in total. The van der Waals surface area contributed by atoms with E-state index < -0.39 is 0 Å². The van der Waals surface area contributed by atoms with Crippen LogP contribution >= 0.6 is 11.8 Å². The van der Waals surface area contributed by atoms with E-state index in [0.717, 1.165) is 6.42 Å². The zero-order chi connectivity index (χ0) is 13.8. The molecule has 1 aliphatic rings. The fourth-order valence-corrected chi connectivity index (χ4v) is 3.51. The van der Waals surface area contributed by atoms with E-state index in [4.69, 9.17) is 11.5 Å². The van der Waals surface area contributed by atoms with Gasteiger partial charge in [-0.1, -0.05) is 12.8 Å². The number of nitrogens with two attached hydrogens (primary N) is 2. The summed E-state index contributed by atoms with van der Waals surface area (Å²) < 4.78 is 0. The van der Waals surface area contributed by atoms with E-state index in [-0.39, 0.29) is 11.9 Å². The molecule has 0 radical (unpaired) electrons. The number of anilines is 2. The molecule has 1 saturated carbocycles. The van der Waals surface area contributed by atoms with Crippen LogP contribution in [0.3, 0.4) is 0 Å². The minimum atomic E-state index is -0.0940. The summed E-state index contributed by atoms with van der Waals surface area (Å²) in [6.07, 6.45) is 6.75. The van der Waals surface area contributed by atoms with Crippen molar-refractivity contribution in [2.45, 2.75) is 37.0 Å². The third kappa shape index (κ3) is 3.35. The van der Waals surface area contributed by atoms with Crippen molar-refractivity contribution >= 4 is 29.0 Å². The van der Waals surface area contributed by atoms with Crippen molar-refractivity contribution in [2.24, 2.45) is 0 Å². The van der Waals surface area contributed by atoms with Gasteiger partial charge in [-0.25, -0.2) is 0 Å². The molecular weight excluding hydrogens is 258 g/mol. The van der Waals surface area contributed by atoms with Crippen molar-refractivity contribution in [2.75, 3.05) is 17.7 Å². The average Bonchev–Trinajstić information content (AvgIpc) is 2.39. The predicted octanol–water partition coefficient (Wildman–Crippen LogP) is 2.25. The predicted molar refractivity (Wildman–Crippen MR) is 82.3 cm³/mol. The fraction of sp³-hybridized carbons (Fsp3) is 0.500. The molecule has 2 rings (SSSR count). The maximum Gasteiger partial charge on any atom is 0.253 e. The van der Waals surface area contributed by atoms with E-state index in [0.29, 0.717) is 22.2 Å². The highest BCUT2D eigenvalue weighted by Crippen LogP contribution is 2.27. The second kappa shape index (κ2) is 6.19. The van der Waals surface area contributed by atoms with Crippen LogP contribution in [0.2, 0.25) is 0 Å². The summed E-state index contributed by atoms with van der Waals surface area (Å²) in [4.78, 5) is 12.3. The molecule has 19 heavy (non-hydrogen) atoms. The Morgan fingerprint density at radius 3 is 2.74 bits per heavy atom. The smallest absolute Gasteiger partial charge is 0.253 e. The molecule has 2 unspecified atom stereocenters. The Morgan fingerprint density at radius 1 is 1.32 bits per heavy atom. The molecule has 1 aliphatic carbocycles. The highest BCUT2D eigenvalue weighted by molar-refractivity contribution is 7.99. The largest absolute Gasteiger partial charge is 0.399 e. The van der Waals surface area contributed by atoms with Gasteiger partial charge in [0.25, 0.3) is 5.91 Å². The summed E-state index contributed by atoms with van der Waals surface area (Å²) in [6.45, 7) is 0. The molecule has 0 spiro atoms. The van der Waals surface area contributed by atoms with Crippen LogP contribution in [-0.2, 0) is 0 Å². The Bertz CT molecular complexity index is 464. The molecule has 4 nitrogen and oxygen atoms in total. The first-order valence-electron chi connectivity index (χ1n) is 6.60. The molecule has 2 atom stereocenters. The van der Waals surface area contributed by atoms with E-state index in [1.807, 2.05) is 11.8 Å². The SMILES string of the molecule is CSC1CCCCC1NC(=O)c1ccc(N)cc1N. The van der Waals surface area contributed by atoms with Crippen LogP contribution in [0.4, 0.5) is 11.4 Å². The maximum atomic E-state index is 12.3. The molecule has 1 amide bonds. The Kier molecular flexibility index (Phi) is 4.58. The number of benzene rings is 1. The van der Waals surface area contributed by atoms with Gasteiger partial charge in [0.15, 0.2) is 0 Å². The molecule has 1 aromatic carbocycles. The van der Waals surface area contributed by atoms with Gasteiger partial charge in [-0.3, -0.25) is 4.79 Å². The summed E-state index contributed by atoms with van der Waals surface area (Å²) in [5, 5.41) is 3.62. The molecule has 5 heteroatoms. The number of amides is 1. The van der Waals surface area contributed by atoms with Gasteiger partial charge in [-0.15, -0.1) is 0 Å². The van der Waals surface area contributed by atoms with Gasteiger partial charge in [0.1, 0.15) is 0 Å². The lowest BCUT2D eigenvalue weighted by Crippen LogP contribution is -2.43. The Hall–Kier alpha value is -1.36. The van der Waals surface area contributed by atoms with E-state index >= 15 is 0 Å². The first-order chi connectivity index (χ1) is 9.11. The van der Waals surface area contributed by atoms with E-state index in [1.54, 1.807) is 18.2 Å².